The summed E-state index contributed by atoms with van der Waals surface area (Å²) in [6, 6.07) is 8.99. The van der Waals surface area contributed by atoms with Crippen molar-refractivity contribution < 1.29 is 17.9 Å². The number of sulfonamides is 1. The molecule has 0 saturated carbocycles. The van der Waals surface area contributed by atoms with Gasteiger partial charge in [0, 0.05) is 6.54 Å². The topological polar surface area (TPSA) is 114 Å². The maximum atomic E-state index is 12.8. The molecular weight excluding hydrogens is 388 g/mol. The summed E-state index contributed by atoms with van der Waals surface area (Å²) < 4.78 is 33.1. The predicted molar refractivity (Wildman–Crippen MR) is 108 cm³/mol. The fraction of sp³-hybridized carbons (Fsp3) is 0.412. The molecule has 1 aromatic carbocycles. The van der Waals surface area contributed by atoms with Crippen LogP contribution in [0.5, 0.6) is 0 Å². The van der Waals surface area contributed by atoms with E-state index in [1.54, 1.807) is 30.5 Å². The summed E-state index contributed by atoms with van der Waals surface area (Å²) in [7, 11) is -2.45. The van der Waals surface area contributed by atoms with Gasteiger partial charge in [-0.1, -0.05) is 54.7 Å². The van der Waals surface area contributed by atoms with E-state index in [-0.39, 0.29) is 24.9 Å². The van der Waals surface area contributed by atoms with Crippen LogP contribution < -0.4 is 10.5 Å². The normalized spacial score (nSPS) is 23.3. The largest absolute Gasteiger partial charge is 0.445 e. The number of nitrogens with one attached hydrogen (secondary N) is 1. The highest BCUT2D eigenvalue weighted by molar-refractivity contribution is 8.13. The third-order valence-electron chi connectivity index (χ3n) is 4.39. The zero-order valence-corrected chi connectivity index (χ0v) is 16.9. The summed E-state index contributed by atoms with van der Waals surface area (Å²) >= 11 is 1.21. The lowest BCUT2D eigenvalue weighted by molar-refractivity contribution is 0.119. The van der Waals surface area contributed by atoms with Crippen LogP contribution in [0.2, 0.25) is 0 Å². The van der Waals surface area contributed by atoms with Crippen LogP contribution in [-0.2, 0) is 20.3 Å². The summed E-state index contributed by atoms with van der Waals surface area (Å²) in [4.78, 5) is 18.3. The van der Waals surface area contributed by atoms with Crippen molar-refractivity contribution in [3.8, 4) is 0 Å². The number of ether oxygens (including phenoxy) is 1. The van der Waals surface area contributed by atoms with E-state index in [1.807, 2.05) is 6.07 Å². The van der Waals surface area contributed by atoms with Gasteiger partial charge >= 0.3 is 6.09 Å². The van der Waals surface area contributed by atoms with Crippen LogP contribution in [0.3, 0.4) is 0 Å². The molecule has 1 aliphatic rings. The first kappa shape index (κ1) is 21.3. The molecule has 2 rings (SSSR count). The minimum atomic E-state index is -3.79. The number of hydrogen-bond donors (Lipinski definition) is 2. The Hall–Kier alpha value is -2.04. The molecule has 0 spiro atoms. The Bertz CT molecular complexity index is 813. The molecule has 0 radical (unpaired) electrons. The summed E-state index contributed by atoms with van der Waals surface area (Å²) in [6.07, 6.45) is 2.58. The third kappa shape index (κ3) is 4.45. The molecular formula is C17H24N4O4S2. The van der Waals surface area contributed by atoms with Gasteiger partial charge in [-0.05, 0) is 18.9 Å². The number of thioether (sulfide) groups is 1. The van der Waals surface area contributed by atoms with E-state index in [0.717, 1.165) is 0 Å². The molecule has 0 aromatic heterocycles. The number of rotatable bonds is 6. The van der Waals surface area contributed by atoms with E-state index in [4.69, 9.17) is 10.5 Å². The average Bonchev–Trinajstić information content (AvgIpc) is 3.08. The van der Waals surface area contributed by atoms with E-state index in [0.29, 0.717) is 5.56 Å². The van der Waals surface area contributed by atoms with Gasteiger partial charge in [-0.2, -0.15) is 0 Å². The summed E-state index contributed by atoms with van der Waals surface area (Å²) in [6.45, 7) is 3.50. The third-order valence-corrected chi connectivity index (χ3v) is 6.75. The maximum absolute atomic E-state index is 12.8. The second kappa shape index (κ2) is 8.77. The Kier molecular flexibility index (Phi) is 6.90. The van der Waals surface area contributed by atoms with Crippen molar-refractivity contribution in [1.82, 2.24) is 9.62 Å². The molecule has 1 heterocycles. The number of hydrogen-bond acceptors (Lipinski definition) is 6. The van der Waals surface area contributed by atoms with Gasteiger partial charge in [-0.3, -0.25) is 0 Å². The molecule has 1 fully saturated rings. The van der Waals surface area contributed by atoms with Crippen LogP contribution in [-0.4, -0.2) is 62.8 Å². The van der Waals surface area contributed by atoms with Crippen molar-refractivity contribution in [3.63, 3.8) is 0 Å². The molecule has 27 heavy (non-hydrogen) atoms. The molecule has 10 heteroatoms. The Morgan fingerprint density at radius 3 is 2.74 bits per heavy atom. The number of nitrogens with two attached hydrogens (primary N) is 1. The minimum Gasteiger partial charge on any atom is -0.445 e. The van der Waals surface area contributed by atoms with Crippen LogP contribution in [0.25, 0.3) is 0 Å². The number of benzene rings is 1. The molecule has 3 N–H and O–H groups in total. The summed E-state index contributed by atoms with van der Waals surface area (Å²) in [5, 5.41) is -0.796. The molecule has 1 saturated heterocycles. The van der Waals surface area contributed by atoms with Gasteiger partial charge < -0.3 is 15.4 Å². The Morgan fingerprint density at radius 2 is 2.19 bits per heavy atom. The molecule has 1 aromatic rings. The van der Waals surface area contributed by atoms with Crippen molar-refractivity contribution in [1.29, 1.82) is 0 Å². The van der Waals surface area contributed by atoms with Crippen LogP contribution >= 0.6 is 11.8 Å². The Labute approximate surface area is 163 Å². The first-order valence-electron chi connectivity index (χ1n) is 8.20. The van der Waals surface area contributed by atoms with Gasteiger partial charge in [0.1, 0.15) is 17.4 Å². The maximum Gasteiger partial charge on any atom is 0.410 e. The lowest BCUT2D eigenvalue weighted by Gasteiger charge is -2.31. The molecule has 148 valence electrons. The zero-order chi connectivity index (χ0) is 20.1. The molecule has 1 amide bonds. The van der Waals surface area contributed by atoms with Crippen LogP contribution in [0.15, 0.2) is 48.0 Å². The molecule has 1 aliphatic heterocycles. The second-order valence-corrected chi connectivity index (χ2v) is 8.82. The molecule has 8 nitrogen and oxygen atoms in total. The van der Waals surface area contributed by atoms with Crippen molar-refractivity contribution >= 4 is 33.0 Å². The molecule has 2 atom stereocenters. The molecule has 2 unspecified atom stereocenters. The van der Waals surface area contributed by atoms with E-state index >= 15 is 0 Å². The predicted octanol–water partition coefficient (Wildman–Crippen LogP) is 1.12. The zero-order valence-electron chi connectivity index (χ0n) is 15.3. The van der Waals surface area contributed by atoms with Gasteiger partial charge in [0.2, 0.25) is 10.0 Å². The highest BCUT2D eigenvalue weighted by atomic mass is 32.2. The number of amides is 1. The van der Waals surface area contributed by atoms with Crippen molar-refractivity contribution in [2.75, 3.05) is 33.0 Å². The first-order chi connectivity index (χ1) is 12.8. The molecule has 0 aliphatic carbocycles. The lowest BCUT2D eigenvalue weighted by atomic mass is 9.89. The van der Waals surface area contributed by atoms with E-state index in [2.05, 4.69) is 16.3 Å². The number of nitrogens with zero attached hydrogens (tertiary/aromatic N) is 2. The van der Waals surface area contributed by atoms with Crippen LogP contribution in [0, 0.1) is 0 Å². The Balaban J connectivity index is 2.61. The fourth-order valence-electron chi connectivity index (χ4n) is 3.08. The van der Waals surface area contributed by atoms with Crippen molar-refractivity contribution in [3.05, 3.63) is 48.6 Å². The highest BCUT2D eigenvalue weighted by Crippen LogP contribution is 2.40. The van der Waals surface area contributed by atoms with Gasteiger partial charge in [0.15, 0.2) is 5.17 Å². The quantitative estimate of drug-likeness (QED) is 0.411. The van der Waals surface area contributed by atoms with Crippen LogP contribution in [0.1, 0.15) is 5.56 Å². The number of likely N-dealkylation sites (tertiary alicyclic amines) is 1. The van der Waals surface area contributed by atoms with Crippen molar-refractivity contribution in [2.24, 2.45) is 10.7 Å². The van der Waals surface area contributed by atoms with E-state index < -0.39 is 26.9 Å². The van der Waals surface area contributed by atoms with Gasteiger partial charge in [-0.25, -0.2) is 22.9 Å². The van der Waals surface area contributed by atoms with Gasteiger partial charge in [0.25, 0.3) is 0 Å². The van der Waals surface area contributed by atoms with Crippen LogP contribution in [0.4, 0.5) is 4.79 Å². The smallest absolute Gasteiger partial charge is 0.410 e. The highest BCUT2D eigenvalue weighted by Gasteiger charge is 2.55. The Morgan fingerprint density at radius 1 is 1.52 bits per heavy atom. The lowest BCUT2D eigenvalue weighted by Crippen LogP contribution is -2.47. The number of amidine groups is 1. The van der Waals surface area contributed by atoms with E-state index in [1.165, 1.54) is 29.8 Å². The number of aliphatic imine (C=N–C) groups is 1. The first-order valence-corrected chi connectivity index (χ1v) is 11.0. The minimum absolute atomic E-state index is 0.0276. The standard InChI is InChI=1S/C17H24N4O4S2/c1-4-10-25-16(22)21-11-14(27(23,24)19-2)17(12-21,20-15(18)26-3)13-8-6-5-7-9-13/h4-9,14,19H,1,10-12H2,2-3H3,(H2,18,20). The monoisotopic (exact) mass is 412 g/mol. The second-order valence-electron chi connectivity index (χ2n) is 5.93. The fourth-order valence-corrected chi connectivity index (χ4v) is 4.78. The molecule has 0 bridgehead atoms. The van der Waals surface area contributed by atoms with Crippen molar-refractivity contribution in [2.45, 2.75) is 10.8 Å². The number of carbonyl (C=O) groups excluding carboxylic acids is 1. The number of carbonyl (C=O) groups is 1. The van der Waals surface area contributed by atoms with E-state index in [9.17, 15) is 13.2 Å². The SMILES string of the molecule is C=CCOC(=O)N1CC(S(=O)(=O)NC)C(/N=C(/N)SC)(c2ccccc2)C1. The summed E-state index contributed by atoms with van der Waals surface area (Å²) in [5.74, 6) is 0. The average molecular weight is 413 g/mol. The van der Waals surface area contributed by atoms with Gasteiger partial charge in [0.05, 0.1) is 6.54 Å². The van der Waals surface area contributed by atoms with Gasteiger partial charge in [-0.15, -0.1) is 0 Å². The summed E-state index contributed by atoms with van der Waals surface area (Å²) in [5.41, 5.74) is 5.38.